The average Bonchev–Trinajstić information content (AvgIpc) is 2.98. The predicted octanol–water partition coefficient (Wildman–Crippen LogP) is 2.81. The van der Waals surface area contributed by atoms with Gasteiger partial charge in [-0.1, -0.05) is 13.0 Å². The highest BCUT2D eigenvalue weighted by molar-refractivity contribution is 7.09. The van der Waals surface area contributed by atoms with Crippen molar-refractivity contribution in [3.05, 3.63) is 22.4 Å². The zero-order valence-electron chi connectivity index (χ0n) is 10.6. The van der Waals surface area contributed by atoms with Crippen LogP contribution in [0, 0.1) is 0 Å². The topological polar surface area (TPSA) is 6.48 Å². The standard InChI is InChI=1S/C14H22N2S/c1-2-12-9-15-7-3-5-13(15)10-16(12)11-14-6-4-8-17-14/h4,6,8,12-13H,2-3,5,7,9-11H2,1H3. The maximum atomic E-state index is 2.72. The van der Waals surface area contributed by atoms with Crippen molar-refractivity contribution in [3.8, 4) is 0 Å². The van der Waals surface area contributed by atoms with E-state index in [-0.39, 0.29) is 0 Å². The molecule has 2 aliphatic rings. The molecule has 94 valence electrons. The second-order valence-corrected chi connectivity index (χ2v) is 6.39. The van der Waals surface area contributed by atoms with E-state index < -0.39 is 0 Å². The third-order valence-electron chi connectivity index (χ3n) is 4.32. The molecule has 3 heterocycles. The molecule has 2 atom stereocenters. The molecule has 0 radical (unpaired) electrons. The molecule has 0 bridgehead atoms. The molecule has 1 aromatic heterocycles. The number of piperazine rings is 1. The number of hydrogen-bond acceptors (Lipinski definition) is 3. The fraction of sp³-hybridized carbons (Fsp3) is 0.714. The van der Waals surface area contributed by atoms with Crippen LogP contribution in [-0.2, 0) is 6.54 Å². The van der Waals surface area contributed by atoms with E-state index in [0.717, 1.165) is 12.1 Å². The third kappa shape index (κ3) is 2.42. The van der Waals surface area contributed by atoms with Gasteiger partial charge in [-0.25, -0.2) is 0 Å². The summed E-state index contributed by atoms with van der Waals surface area (Å²) in [6.07, 6.45) is 4.11. The Morgan fingerprint density at radius 2 is 2.35 bits per heavy atom. The third-order valence-corrected chi connectivity index (χ3v) is 5.18. The van der Waals surface area contributed by atoms with Gasteiger partial charge >= 0.3 is 0 Å². The summed E-state index contributed by atoms with van der Waals surface area (Å²) in [7, 11) is 0. The van der Waals surface area contributed by atoms with Gasteiger partial charge in [0, 0.05) is 36.6 Å². The van der Waals surface area contributed by atoms with E-state index in [9.17, 15) is 0 Å². The fourth-order valence-electron chi connectivity index (χ4n) is 3.33. The first-order valence-corrected chi connectivity index (χ1v) is 7.75. The average molecular weight is 250 g/mol. The molecule has 0 aliphatic carbocycles. The van der Waals surface area contributed by atoms with Crippen molar-refractivity contribution >= 4 is 11.3 Å². The summed E-state index contributed by atoms with van der Waals surface area (Å²) in [6, 6.07) is 6.06. The van der Waals surface area contributed by atoms with E-state index in [4.69, 9.17) is 0 Å². The first-order chi connectivity index (χ1) is 8.36. The van der Waals surface area contributed by atoms with Crippen LogP contribution in [-0.4, -0.2) is 41.5 Å². The zero-order chi connectivity index (χ0) is 11.7. The molecule has 0 aromatic carbocycles. The van der Waals surface area contributed by atoms with Crippen molar-refractivity contribution in [2.24, 2.45) is 0 Å². The van der Waals surface area contributed by atoms with Crippen LogP contribution in [0.25, 0.3) is 0 Å². The van der Waals surface area contributed by atoms with Gasteiger partial charge in [0.05, 0.1) is 0 Å². The van der Waals surface area contributed by atoms with Gasteiger partial charge in [-0.3, -0.25) is 9.80 Å². The highest BCUT2D eigenvalue weighted by atomic mass is 32.1. The second kappa shape index (κ2) is 5.09. The molecular formula is C14H22N2S. The number of rotatable bonds is 3. The second-order valence-electron chi connectivity index (χ2n) is 5.36. The quantitative estimate of drug-likeness (QED) is 0.814. The monoisotopic (exact) mass is 250 g/mol. The number of nitrogens with zero attached hydrogens (tertiary/aromatic N) is 2. The fourth-order valence-corrected chi connectivity index (χ4v) is 4.06. The van der Waals surface area contributed by atoms with Crippen molar-refractivity contribution in [1.82, 2.24) is 9.80 Å². The number of hydrogen-bond donors (Lipinski definition) is 0. The van der Waals surface area contributed by atoms with Crippen LogP contribution >= 0.6 is 11.3 Å². The van der Waals surface area contributed by atoms with Crippen LogP contribution < -0.4 is 0 Å². The van der Waals surface area contributed by atoms with Gasteiger partial charge < -0.3 is 0 Å². The summed E-state index contributed by atoms with van der Waals surface area (Å²) >= 11 is 1.90. The van der Waals surface area contributed by atoms with E-state index in [0.29, 0.717) is 0 Å². The maximum absolute atomic E-state index is 2.72. The van der Waals surface area contributed by atoms with Crippen LogP contribution in [0.4, 0.5) is 0 Å². The predicted molar refractivity (Wildman–Crippen MR) is 73.4 cm³/mol. The summed E-state index contributed by atoms with van der Waals surface area (Å²) in [4.78, 5) is 6.96. The molecule has 0 amide bonds. The van der Waals surface area contributed by atoms with E-state index in [1.54, 1.807) is 0 Å². The van der Waals surface area contributed by atoms with E-state index in [1.165, 1.54) is 50.3 Å². The summed E-state index contributed by atoms with van der Waals surface area (Å²) < 4.78 is 0. The molecule has 2 aliphatic heterocycles. The van der Waals surface area contributed by atoms with Gasteiger partial charge in [-0.05, 0) is 37.3 Å². The van der Waals surface area contributed by atoms with Crippen LogP contribution in [0.2, 0.25) is 0 Å². The van der Waals surface area contributed by atoms with Crippen LogP contribution in [0.1, 0.15) is 31.1 Å². The molecule has 0 saturated carbocycles. The van der Waals surface area contributed by atoms with Gasteiger partial charge in [0.15, 0.2) is 0 Å². The maximum Gasteiger partial charge on any atom is 0.0332 e. The largest absolute Gasteiger partial charge is 0.298 e. The van der Waals surface area contributed by atoms with Gasteiger partial charge in [0.2, 0.25) is 0 Å². The Morgan fingerprint density at radius 1 is 1.41 bits per heavy atom. The lowest BCUT2D eigenvalue weighted by atomic mass is 10.1. The van der Waals surface area contributed by atoms with Crippen molar-refractivity contribution in [2.75, 3.05) is 19.6 Å². The lowest BCUT2D eigenvalue weighted by molar-refractivity contribution is 0.0444. The SMILES string of the molecule is CCC1CN2CCCC2CN1Cc1cccs1. The minimum absolute atomic E-state index is 0.770. The molecule has 0 spiro atoms. The highest BCUT2D eigenvalue weighted by Crippen LogP contribution is 2.27. The highest BCUT2D eigenvalue weighted by Gasteiger charge is 2.35. The molecule has 2 unspecified atom stereocenters. The van der Waals surface area contributed by atoms with Crippen LogP contribution in [0.3, 0.4) is 0 Å². The lowest BCUT2D eigenvalue weighted by Crippen LogP contribution is -2.55. The molecule has 2 nitrogen and oxygen atoms in total. The zero-order valence-corrected chi connectivity index (χ0v) is 11.5. The van der Waals surface area contributed by atoms with Crippen molar-refractivity contribution in [1.29, 1.82) is 0 Å². The van der Waals surface area contributed by atoms with Crippen LogP contribution in [0.15, 0.2) is 17.5 Å². The summed E-state index contributed by atoms with van der Waals surface area (Å²) in [5, 5.41) is 2.20. The van der Waals surface area contributed by atoms with Gasteiger partial charge in [0.25, 0.3) is 0 Å². The van der Waals surface area contributed by atoms with E-state index in [1.807, 2.05) is 11.3 Å². The van der Waals surface area contributed by atoms with Crippen LogP contribution in [0.5, 0.6) is 0 Å². The Hall–Kier alpha value is -0.380. The van der Waals surface area contributed by atoms with Gasteiger partial charge in [-0.2, -0.15) is 0 Å². The van der Waals surface area contributed by atoms with Crippen molar-refractivity contribution < 1.29 is 0 Å². The minimum Gasteiger partial charge on any atom is -0.298 e. The summed E-state index contributed by atoms with van der Waals surface area (Å²) in [6.45, 7) is 7.43. The van der Waals surface area contributed by atoms with Gasteiger partial charge in [0.1, 0.15) is 0 Å². The summed E-state index contributed by atoms with van der Waals surface area (Å²) in [5.74, 6) is 0. The Kier molecular flexibility index (Phi) is 3.50. The van der Waals surface area contributed by atoms with Crippen molar-refractivity contribution in [2.45, 2.75) is 44.8 Å². The van der Waals surface area contributed by atoms with Gasteiger partial charge in [-0.15, -0.1) is 11.3 Å². The Bertz CT molecular complexity index is 349. The molecule has 17 heavy (non-hydrogen) atoms. The lowest BCUT2D eigenvalue weighted by Gasteiger charge is -2.43. The number of fused-ring (bicyclic) bond motifs is 1. The van der Waals surface area contributed by atoms with E-state index >= 15 is 0 Å². The minimum atomic E-state index is 0.770. The summed E-state index contributed by atoms with van der Waals surface area (Å²) in [5.41, 5.74) is 0. The van der Waals surface area contributed by atoms with E-state index in [2.05, 4.69) is 34.2 Å². The molecule has 2 fully saturated rings. The molecular weight excluding hydrogens is 228 g/mol. The Balaban J connectivity index is 1.69. The first-order valence-electron chi connectivity index (χ1n) is 6.87. The Morgan fingerprint density at radius 3 is 3.12 bits per heavy atom. The molecule has 3 rings (SSSR count). The smallest absolute Gasteiger partial charge is 0.0332 e. The Labute approximate surface area is 108 Å². The molecule has 1 aromatic rings. The number of thiophene rings is 1. The molecule has 3 heteroatoms. The first kappa shape index (κ1) is 11.7. The normalized spacial score (nSPS) is 30.6. The molecule has 2 saturated heterocycles. The van der Waals surface area contributed by atoms with Crippen molar-refractivity contribution in [3.63, 3.8) is 0 Å². The molecule has 0 N–H and O–H groups in total.